The van der Waals surface area contributed by atoms with Gasteiger partial charge in [0, 0.05) is 39.3 Å². The van der Waals surface area contributed by atoms with Gasteiger partial charge in [0.2, 0.25) is 0 Å². The molecule has 6 heteroatoms. The molecule has 4 aromatic rings. The number of H-pyrrole nitrogens is 1. The lowest BCUT2D eigenvalue weighted by Crippen LogP contribution is -2.01. The molecule has 4 nitrogen and oxygen atoms in total. The topological polar surface area (TPSA) is 55.0 Å². The minimum Gasteiger partial charge on any atom is -0.497 e. The third kappa shape index (κ3) is 2.81. The summed E-state index contributed by atoms with van der Waals surface area (Å²) in [6.07, 6.45) is 3.48. The Morgan fingerprint density at radius 1 is 1.24 bits per heavy atom. The monoisotopic (exact) mass is 368 g/mol. The van der Waals surface area contributed by atoms with Gasteiger partial charge in [0.05, 0.1) is 12.1 Å². The fourth-order valence-electron chi connectivity index (χ4n) is 2.72. The molecule has 0 bridgehead atoms. The fourth-order valence-corrected chi connectivity index (χ4v) is 3.69. The standard InChI is InChI=1S/C19H13ClN2O2S/c1-24-12-4-5-13(16(20)8-12)18(23)15-10-22-19-14(15)7-11(9-21-19)17-3-2-6-25-17/h2-10H,1H3,(H,21,22). The number of rotatable bonds is 4. The molecule has 0 amide bonds. The van der Waals surface area contributed by atoms with E-state index in [9.17, 15) is 4.79 Å². The second-order valence-corrected chi connectivity index (χ2v) is 6.83. The van der Waals surface area contributed by atoms with Gasteiger partial charge in [-0.05, 0) is 35.7 Å². The first-order valence-corrected chi connectivity index (χ1v) is 8.82. The van der Waals surface area contributed by atoms with E-state index in [1.165, 1.54) is 0 Å². The zero-order chi connectivity index (χ0) is 17.4. The highest BCUT2D eigenvalue weighted by atomic mass is 35.5. The Morgan fingerprint density at radius 3 is 2.84 bits per heavy atom. The number of thiophene rings is 1. The normalized spacial score (nSPS) is 11.0. The van der Waals surface area contributed by atoms with Gasteiger partial charge in [0.25, 0.3) is 0 Å². The smallest absolute Gasteiger partial charge is 0.196 e. The fraction of sp³-hybridized carbons (Fsp3) is 0.0526. The van der Waals surface area contributed by atoms with Crippen molar-refractivity contribution < 1.29 is 9.53 Å². The minimum atomic E-state index is -0.149. The highest BCUT2D eigenvalue weighted by molar-refractivity contribution is 7.13. The van der Waals surface area contributed by atoms with Gasteiger partial charge in [0.15, 0.2) is 5.78 Å². The van der Waals surface area contributed by atoms with Crippen molar-refractivity contribution in [2.75, 3.05) is 7.11 Å². The SMILES string of the molecule is COc1ccc(C(=O)c2c[nH]c3ncc(-c4cccs4)cc23)c(Cl)c1. The van der Waals surface area contributed by atoms with Crippen molar-refractivity contribution in [3.63, 3.8) is 0 Å². The summed E-state index contributed by atoms with van der Waals surface area (Å²) in [5.41, 5.74) is 2.64. The predicted molar refractivity (Wildman–Crippen MR) is 101 cm³/mol. The van der Waals surface area contributed by atoms with E-state index in [2.05, 4.69) is 9.97 Å². The van der Waals surface area contributed by atoms with E-state index in [4.69, 9.17) is 16.3 Å². The quantitative estimate of drug-likeness (QED) is 0.504. The molecule has 124 valence electrons. The third-order valence-electron chi connectivity index (χ3n) is 4.00. The Kier molecular flexibility index (Phi) is 4.03. The molecular formula is C19H13ClN2O2S. The molecule has 0 saturated carbocycles. The summed E-state index contributed by atoms with van der Waals surface area (Å²) in [6.45, 7) is 0. The van der Waals surface area contributed by atoms with Gasteiger partial charge in [-0.1, -0.05) is 17.7 Å². The molecule has 1 aromatic carbocycles. The second kappa shape index (κ2) is 6.35. The number of halogens is 1. The number of methoxy groups -OCH3 is 1. The van der Waals surface area contributed by atoms with E-state index < -0.39 is 0 Å². The van der Waals surface area contributed by atoms with Gasteiger partial charge in [-0.15, -0.1) is 11.3 Å². The Labute approximate surface area is 153 Å². The van der Waals surface area contributed by atoms with E-state index in [0.29, 0.717) is 27.5 Å². The van der Waals surface area contributed by atoms with Crippen LogP contribution in [0.4, 0.5) is 0 Å². The number of fused-ring (bicyclic) bond motifs is 1. The summed E-state index contributed by atoms with van der Waals surface area (Å²) in [7, 11) is 1.56. The Hall–Kier alpha value is -2.63. The molecule has 3 heterocycles. The number of carbonyl (C=O) groups excluding carboxylic acids is 1. The summed E-state index contributed by atoms with van der Waals surface area (Å²) in [6, 6.07) is 11.0. The minimum absolute atomic E-state index is 0.149. The van der Waals surface area contributed by atoms with Crippen molar-refractivity contribution in [3.8, 4) is 16.2 Å². The predicted octanol–water partition coefficient (Wildman–Crippen LogP) is 5.18. The summed E-state index contributed by atoms with van der Waals surface area (Å²) in [5, 5.41) is 3.16. The number of hydrogen-bond acceptors (Lipinski definition) is 4. The number of benzene rings is 1. The molecule has 0 aliphatic carbocycles. The van der Waals surface area contributed by atoms with E-state index in [0.717, 1.165) is 15.8 Å². The molecule has 3 aromatic heterocycles. The average Bonchev–Trinajstić information content (AvgIpc) is 3.30. The van der Waals surface area contributed by atoms with Crippen LogP contribution >= 0.6 is 22.9 Å². The zero-order valence-corrected chi connectivity index (χ0v) is 14.8. The molecule has 1 N–H and O–H groups in total. The van der Waals surface area contributed by atoms with Crippen LogP contribution < -0.4 is 4.74 Å². The number of aromatic amines is 1. The van der Waals surface area contributed by atoms with Crippen LogP contribution in [0.3, 0.4) is 0 Å². The first-order chi connectivity index (χ1) is 12.2. The first-order valence-electron chi connectivity index (χ1n) is 7.56. The number of nitrogens with one attached hydrogen (secondary N) is 1. The highest BCUT2D eigenvalue weighted by Gasteiger charge is 2.18. The summed E-state index contributed by atoms with van der Waals surface area (Å²) in [5.74, 6) is 0.464. The van der Waals surface area contributed by atoms with E-state index in [-0.39, 0.29) is 5.78 Å². The van der Waals surface area contributed by atoms with Crippen molar-refractivity contribution in [2.24, 2.45) is 0 Å². The van der Waals surface area contributed by atoms with Crippen molar-refractivity contribution in [3.05, 3.63) is 70.3 Å². The molecule has 0 aliphatic heterocycles. The largest absolute Gasteiger partial charge is 0.497 e. The zero-order valence-electron chi connectivity index (χ0n) is 13.2. The van der Waals surface area contributed by atoms with Crippen LogP contribution in [0.2, 0.25) is 5.02 Å². The highest BCUT2D eigenvalue weighted by Crippen LogP contribution is 2.30. The van der Waals surface area contributed by atoms with Crippen LogP contribution in [0.25, 0.3) is 21.5 Å². The van der Waals surface area contributed by atoms with Gasteiger partial charge >= 0.3 is 0 Å². The van der Waals surface area contributed by atoms with Crippen molar-refractivity contribution in [1.29, 1.82) is 0 Å². The van der Waals surface area contributed by atoms with Gasteiger partial charge in [-0.3, -0.25) is 4.79 Å². The maximum absolute atomic E-state index is 13.0. The summed E-state index contributed by atoms with van der Waals surface area (Å²) in [4.78, 5) is 21.6. The Bertz CT molecular complexity index is 1070. The number of aromatic nitrogens is 2. The van der Waals surface area contributed by atoms with Crippen LogP contribution in [-0.2, 0) is 0 Å². The lowest BCUT2D eigenvalue weighted by atomic mass is 10.0. The first kappa shape index (κ1) is 15.9. The van der Waals surface area contributed by atoms with E-state index in [1.54, 1.807) is 49.0 Å². The lowest BCUT2D eigenvalue weighted by molar-refractivity contribution is 0.104. The van der Waals surface area contributed by atoms with Gasteiger partial charge in [0.1, 0.15) is 11.4 Å². The van der Waals surface area contributed by atoms with Crippen LogP contribution in [-0.4, -0.2) is 22.9 Å². The number of ketones is 1. The third-order valence-corrected chi connectivity index (χ3v) is 5.23. The lowest BCUT2D eigenvalue weighted by Gasteiger charge is -2.06. The molecule has 0 fully saturated rings. The van der Waals surface area contributed by atoms with Crippen molar-refractivity contribution >= 4 is 39.8 Å². The molecular weight excluding hydrogens is 356 g/mol. The van der Waals surface area contributed by atoms with Crippen molar-refractivity contribution in [2.45, 2.75) is 0 Å². The molecule has 0 atom stereocenters. The number of ether oxygens (including phenoxy) is 1. The number of hydrogen-bond donors (Lipinski definition) is 1. The maximum Gasteiger partial charge on any atom is 0.196 e. The molecule has 0 radical (unpaired) electrons. The summed E-state index contributed by atoms with van der Waals surface area (Å²) >= 11 is 7.89. The van der Waals surface area contributed by atoms with Gasteiger partial charge in [-0.25, -0.2) is 4.98 Å². The van der Waals surface area contributed by atoms with Crippen molar-refractivity contribution in [1.82, 2.24) is 9.97 Å². The van der Waals surface area contributed by atoms with Crippen LogP contribution in [0.15, 0.2) is 54.2 Å². The Morgan fingerprint density at radius 2 is 2.12 bits per heavy atom. The maximum atomic E-state index is 13.0. The van der Waals surface area contributed by atoms with Gasteiger partial charge in [-0.2, -0.15) is 0 Å². The number of carbonyl (C=O) groups is 1. The molecule has 25 heavy (non-hydrogen) atoms. The average molecular weight is 369 g/mol. The van der Waals surface area contributed by atoms with Crippen LogP contribution in [0.1, 0.15) is 15.9 Å². The number of pyridine rings is 1. The van der Waals surface area contributed by atoms with E-state index in [1.807, 2.05) is 23.6 Å². The molecule has 4 rings (SSSR count). The van der Waals surface area contributed by atoms with E-state index >= 15 is 0 Å². The van der Waals surface area contributed by atoms with Crippen LogP contribution in [0.5, 0.6) is 5.75 Å². The molecule has 0 saturated heterocycles. The molecule has 0 spiro atoms. The van der Waals surface area contributed by atoms with Crippen LogP contribution in [0, 0.1) is 0 Å². The summed E-state index contributed by atoms with van der Waals surface area (Å²) < 4.78 is 5.14. The molecule has 0 aliphatic rings. The van der Waals surface area contributed by atoms with Gasteiger partial charge < -0.3 is 9.72 Å². The Balaban J connectivity index is 1.81. The second-order valence-electron chi connectivity index (χ2n) is 5.47. The number of nitrogens with zero attached hydrogens (tertiary/aromatic N) is 1. The molecule has 0 unspecified atom stereocenters.